The molecule has 0 aromatic heterocycles. The van der Waals surface area contributed by atoms with Gasteiger partial charge in [-0.15, -0.1) is 0 Å². The second kappa shape index (κ2) is 5.27. The number of aryl methyl sites for hydroxylation is 1. The van der Waals surface area contributed by atoms with Gasteiger partial charge in [-0.1, -0.05) is 24.6 Å². The fourth-order valence-corrected chi connectivity index (χ4v) is 3.51. The van der Waals surface area contributed by atoms with Crippen molar-refractivity contribution in [3.8, 4) is 0 Å². The van der Waals surface area contributed by atoms with Gasteiger partial charge >= 0.3 is 5.97 Å². The molecule has 106 valence electrons. The van der Waals surface area contributed by atoms with Crippen LogP contribution >= 0.6 is 0 Å². The van der Waals surface area contributed by atoms with Gasteiger partial charge in [0.1, 0.15) is 0 Å². The summed E-state index contributed by atoms with van der Waals surface area (Å²) in [7, 11) is 0. The standard InChI is InChI=1S/C16H19NO3/c18-15(12-7-3-8-13(12)16(19)20)17-10-4-6-11-5-1-2-9-14(11)17/h1-2,5,9,12-13H,3-4,6-8,10H2,(H,19,20)/t12-,13+/m1/s1. The number of carbonyl (C=O) groups is 2. The Hall–Kier alpha value is -1.84. The van der Waals surface area contributed by atoms with Crippen LogP contribution in [0.5, 0.6) is 0 Å². The van der Waals surface area contributed by atoms with Gasteiger partial charge in [-0.3, -0.25) is 9.59 Å². The SMILES string of the molecule is O=C(O)[C@H]1CCC[C@H]1C(=O)N1CCCc2ccccc21. The molecule has 0 saturated heterocycles. The van der Waals surface area contributed by atoms with Crippen LogP contribution in [-0.2, 0) is 16.0 Å². The van der Waals surface area contributed by atoms with E-state index in [1.165, 1.54) is 5.56 Å². The molecular weight excluding hydrogens is 254 g/mol. The highest BCUT2D eigenvalue weighted by Gasteiger charge is 2.40. The van der Waals surface area contributed by atoms with E-state index in [4.69, 9.17) is 0 Å². The quantitative estimate of drug-likeness (QED) is 0.900. The van der Waals surface area contributed by atoms with Gasteiger partial charge in [-0.2, -0.15) is 0 Å². The topological polar surface area (TPSA) is 57.6 Å². The number of nitrogens with zero attached hydrogens (tertiary/aromatic N) is 1. The summed E-state index contributed by atoms with van der Waals surface area (Å²) in [4.78, 5) is 25.8. The van der Waals surface area contributed by atoms with E-state index in [1.807, 2.05) is 23.1 Å². The lowest BCUT2D eigenvalue weighted by molar-refractivity contribution is -0.145. The molecule has 1 aromatic rings. The van der Waals surface area contributed by atoms with Crippen LogP contribution < -0.4 is 4.90 Å². The van der Waals surface area contributed by atoms with Gasteiger partial charge in [0.15, 0.2) is 0 Å². The molecule has 4 nitrogen and oxygen atoms in total. The highest BCUT2D eigenvalue weighted by Crippen LogP contribution is 2.36. The van der Waals surface area contributed by atoms with Crippen LogP contribution in [0.15, 0.2) is 24.3 Å². The molecule has 1 fully saturated rings. The molecule has 4 heteroatoms. The highest BCUT2D eigenvalue weighted by atomic mass is 16.4. The second-order valence-electron chi connectivity index (χ2n) is 5.70. The maximum absolute atomic E-state index is 12.7. The zero-order chi connectivity index (χ0) is 14.1. The monoisotopic (exact) mass is 273 g/mol. The predicted molar refractivity (Wildman–Crippen MR) is 75.6 cm³/mol. The van der Waals surface area contributed by atoms with Crippen molar-refractivity contribution in [3.63, 3.8) is 0 Å². The van der Waals surface area contributed by atoms with Crippen LogP contribution in [-0.4, -0.2) is 23.5 Å². The van der Waals surface area contributed by atoms with Crippen LogP contribution in [0, 0.1) is 11.8 Å². The van der Waals surface area contributed by atoms with Gasteiger partial charge in [0.05, 0.1) is 11.8 Å². The Bertz CT molecular complexity index is 540. The van der Waals surface area contributed by atoms with Crippen LogP contribution in [0.3, 0.4) is 0 Å². The molecule has 3 rings (SSSR count). The number of rotatable bonds is 2. The number of anilines is 1. The van der Waals surface area contributed by atoms with E-state index in [1.54, 1.807) is 0 Å². The molecule has 1 aliphatic carbocycles. The van der Waals surface area contributed by atoms with E-state index < -0.39 is 11.9 Å². The second-order valence-corrected chi connectivity index (χ2v) is 5.70. The van der Waals surface area contributed by atoms with Crippen molar-refractivity contribution < 1.29 is 14.7 Å². The van der Waals surface area contributed by atoms with Crippen molar-refractivity contribution in [1.82, 2.24) is 0 Å². The van der Waals surface area contributed by atoms with E-state index in [0.717, 1.165) is 24.9 Å². The lowest BCUT2D eigenvalue weighted by atomic mass is 9.92. The zero-order valence-electron chi connectivity index (χ0n) is 11.4. The Labute approximate surface area is 118 Å². The van der Waals surface area contributed by atoms with Crippen LogP contribution in [0.1, 0.15) is 31.2 Å². The van der Waals surface area contributed by atoms with Crippen molar-refractivity contribution in [2.24, 2.45) is 11.8 Å². The third-order valence-corrected chi connectivity index (χ3v) is 4.53. The van der Waals surface area contributed by atoms with E-state index in [0.29, 0.717) is 19.4 Å². The Balaban J connectivity index is 1.87. The summed E-state index contributed by atoms with van der Waals surface area (Å²) < 4.78 is 0. The maximum Gasteiger partial charge on any atom is 0.307 e. The van der Waals surface area contributed by atoms with Crippen molar-refractivity contribution in [3.05, 3.63) is 29.8 Å². The van der Waals surface area contributed by atoms with E-state index in [-0.39, 0.29) is 11.8 Å². The highest BCUT2D eigenvalue weighted by molar-refractivity contribution is 5.98. The largest absolute Gasteiger partial charge is 0.481 e. The van der Waals surface area contributed by atoms with Crippen molar-refractivity contribution >= 4 is 17.6 Å². The average molecular weight is 273 g/mol. The molecule has 0 unspecified atom stereocenters. The van der Waals surface area contributed by atoms with E-state index in [2.05, 4.69) is 6.07 Å². The van der Waals surface area contributed by atoms with Crippen molar-refractivity contribution in [1.29, 1.82) is 0 Å². The van der Waals surface area contributed by atoms with E-state index >= 15 is 0 Å². The van der Waals surface area contributed by atoms with Crippen molar-refractivity contribution in [2.45, 2.75) is 32.1 Å². The number of fused-ring (bicyclic) bond motifs is 1. The molecule has 0 spiro atoms. The Morgan fingerprint density at radius 1 is 1.10 bits per heavy atom. The summed E-state index contributed by atoms with van der Waals surface area (Å²) in [5, 5.41) is 9.26. The number of carboxylic acids is 1. The molecule has 20 heavy (non-hydrogen) atoms. The molecule has 1 heterocycles. The molecule has 2 aliphatic rings. The lowest BCUT2D eigenvalue weighted by Gasteiger charge is -2.32. The van der Waals surface area contributed by atoms with Gasteiger partial charge in [-0.05, 0) is 37.3 Å². The number of para-hydroxylation sites is 1. The smallest absolute Gasteiger partial charge is 0.307 e. The summed E-state index contributed by atoms with van der Waals surface area (Å²) in [5.41, 5.74) is 2.16. The number of carbonyl (C=O) groups excluding carboxylic acids is 1. The third-order valence-electron chi connectivity index (χ3n) is 4.53. The molecule has 0 radical (unpaired) electrons. The Morgan fingerprint density at radius 3 is 2.65 bits per heavy atom. The van der Waals surface area contributed by atoms with Gasteiger partial charge in [-0.25, -0.2) is 0 Å². The average Bonchev–Trinajstić information content (AvgIpc) is 2.95. The van der Waals surface area contributed by atoms with Gasteiger partial charge in [0.2, 0.25) is 5.91 Å². The van der Waals surface area contributed by atoms with Crippen LogP contribution in [0.2, 0.25) is 0 Å². The summed E-state index contributed by atoms with van der Waals surface area (Å²) in [5.74, 6) is -1.68. The molecule has 1 aliphatic heterocycles. The fourth-order valence-electron chi connectivity index (χ4n) is 3.51. The fraction of sp³-hybridized carbons (Fsp3) is 0.500. The Morgan fingerprint density at radius 2 is 1.85 bits per heavy atom. The van der Waals surface area contributed by atoms with Gasteiger partial charge < -0.3 is 10.0 Å². The van der Waals surface area contributed by atoms with Crippen LogP contribution in [0.4, 0.5) is 5.69 Å². The van der Waals surface area contributed by atoms with Crippen LogP contribution in [0.25, 0.3) is 0 Å². The minimum absolute atomic E-state index is 0.00190. The molecule has 0 bridgehead atoms. The summed E-state index contributed by atoms with van der Waals surface area (Å²) in [6.07, 6.45) is 4.11. The van der Waals surface area contributed by atoms with Gasteiger partial charge in [0, 0.05) is 12.2 Å². The molecule has 2 atom stereocenters. The summed E-state index contributed by atoms with van der Waals surface area (Å²) >= 11 is 0. The first-order valence-corrected chi connectivity index (χ1v) is 7.30. The minimum atomic E-state index is -0.828. The first-order chi connectivity index (χ1) is 9.68. The first-order valence-electron chi connectivity index (χ1n) is 7.30. The summed E-state index contributed by atoms with van der Waals surface area (Å²) in [6, 6.07) is 7.95. The molecule has 1 aromatic carbocycles. The molecular formula is C16H19NO3. The minimum Gasteiger partial charge on any atom is -0.481 e. The molecule has 1 saturated carbocycles. The van der Waals surface area contributed by atoms with E-state index in [9.17, 15) is 14.7 Å². The summed E-state index contributed by atoms with van der Waals surface area (Å²) in [6.45, 7) is 0.707. The Kier molecular flexibility index (Phi) is 3.47. The predicted octanol–water partition coefficient (Wildman–Crippen LogP) is 2.47. The lowest BCUT2D eigenvalue weighted by Crippen LogP contribution is -2.42. The molecule has 1 N–H and O–H groups in total. The number of carboxylic acid groups (broad SMARTS) is 1. The number of aliphatic carboxylic acids is 1. The number of hydrogen-bond acceptors (Lipinski definition) is 2. The normalized spacial score (nSPS) is 25.3. The number of amides is 1. The maximum atomic E-state index is 12.7. The van der Waals surface area contributed by atoms with Gasteiger partial charge in [0.25, 0.3) is 0 Å². The number of benzene rings is 1. The van der Waals surface area contributed by atoms with Crippen molar-refractivity contribution in [2.75, 3.05) is 11.4 Å². The molecule has 1 amide bonds. The zero-order valence-corrected chi connectivity index (χ0v) is 11.4. The number of hydrogen-bond donors (Lipinski definition) is 1. The third kappa shape index (κ3) is 2.19. The first kappa shape index (κ1) is 13.2.